The number of hydrogen-bond donors (Lipinski definition) is 2. The number of urea groups is 1. The number of carbonyl (C=O) groups is 3. The van der Waals surface area contributed by atoms with E-state index < -0.39 is 35.7 Å². The Morgan fingerprint density at radius 2 is 1.84 bits per heavy atom. The van der Waals surface area contributed by atoms with Gasteiger partial charge in [0.1, 0.15) is 17.9 Å². The van der Waals surface area contributed by atoms with Crippen LogP contribution in [0.5, 0.6) is 0 Å². The van der Waals surface area contributed by atoms with E-state index in [4.69, 9.17) is 0 Å². The number of amides is 4. The lowest BCUT2D eigenvalue weighted by Crippen LogP contribution is -2.42. The topological polar surface area (TPSA) is 91.4 Å². The van der Waals surface area contributed by atoms with Crippen molar-refractivity contribution in [3.63, 3.8) is 0 Å². The van der Waals surface area contributed by atoms with Gasteiger partial charge in [-0.05, 0) is 36.8 Å². The minimum absolute atomic E-state index is 0.427. The molecular weight excluding hydrogens is 327 g/mol. The lowest BCUT2D eigenvalue weighted by atomic mass is 9.92. The van der Waals surface area contributed by atoms with E-state index in [2.05, 4.69) is 15.6 Å². The highest BCUT2D eigenvalue weighted by atomic mass is 19.1. The minimum atomic E-state index is -1.35. The number of imide groups is 1. The maximum atomic E-state index is 13.1. The molecule has 2 heterocycles. The van der Waals surface area contributed by atoms with Crippen LogP contribution in [0.3, 0.4) is 0 Å². The molecule has 0 spiro atoms. The third kappa shape index (κ3) is 3.18. The summed E-state index contributed by atoms with van der Waals surface area (Å²) in [6.07, 6.45) is 3.02. The van der Waals surface area contributed by atoms with E-state index >= 15 is 0 Å². The van der Waals surface area contributed by atoms with Gasteiger partial charge in [-0.1, -0.05) is 12.1 Å². The molecule has 7 nitrogen and oxygen atoms in total. The van der Waals surface area contributed by atoms with Crippen molar-refractivity contribution in [2.75, 3.05) is 11.9 Å². The molecule has 2 N–H and O–H groups in total. The third-order valence-corrected chi connectivity index (χ3v) is 3.96. The normalized spacial score (nSPS) is 19.7. The van der Waals surface area contributed by atoms with Gasteiger partial charge in [0.25, 0.3) is 5.91 Å². The number of anilines is 1. The van der Waals surface area contributed by atoms with Crippen LogP contribution in [0, 0.1) is 5.82 Å². The summed E-state index contributed by atoms with van der Waals surface area (Å²) < 4.78 is 13.1. The Labute approximate surface area is 142 Å². The van der Waals surface area contributed by atoms with Crippen LogP contribution in [0.25, 0.3) is 0 Å². The molecule has 25 heavy (non-hydrogen) atoms. The molecule has 1 aromatic carbocycles. The van der Waals surface area contributed by atoms with Crippen LogP contribution >= 0.6 is 0 Å². The second kappa shape index (κ2) is 6.31. The van der Waals surface area contributed by atoms with E-state index in [0.717, 1.165) is 4.90 Å². The summed E-state index contributed by atoms with van der Waals surface area (Å²) in [4.78, 5) is 41.6. The van der Waals surface area contributed by atoms with E-state index in [1.807, 2.05) is 0 Å². The summed E-state index contributed by atoms with van der Waals surface area (Å²) in [5.41, 5.74) is -0.403. The van der Waals surface area contributed by atoms with Crippen molar-refractivity contribution in [3.8, 4) is 0 Å². The van der Waals surface area contributed by atoms with E-state index in [1.54, 1.807) is 12.1 Å². The van der Waals surface area contributed by atoms with E-state index in [9.17, 15) is 18.8 Å². The summed E-state index contributed by atoms with van der Waals surface area (Å²) in [6, 6.07) is 7.76. The second-order valence-electron chi connectivity index (χ2n) is 5.74. The fraction of sp³-hybridized carbons (Fsp3) is 0.176. The minimum Gasteiger partial charge on any atom is -0.324 e. The first-order valence-corrected chi connectivity index (χ1v) is 7.50. The van der Waals surface area contributed by atoms with Crippen molar-refractivity contribution in [2.24, 2.45) is 0 Å². The molecule has 4 amide bonds. The molecule has 1 saturated heterocycles. The molecule has 3 rings (SSSR count). The number of benzene rings is 1. The van der Waals surface area contributed by atoms with Crippen LogP contribution in [0.1, 0.15) is 12.5 Å². The van der Waals surface area contributed by atoms with Crippen molar-refractivity contribution >= 4 is 23.5 Å². The predicted molar refractivity (Wildman–Crippen MR) is 86.9 cm³/mol. The molecule has 0 radical (unpaired) electrons. The van der Waals surface area contributed by atoms with Crippen molar-refractivity contribution in [2.45, 2.75) is 12.5 Å². The Balaban J connectivity index is 1.75. The molecule has 1 unspecified atom stereocenters. The molecule has 2 aromatic rings. The van der Waals surface area contributed by atoms with Gasteiger partial charge in [-0.2, -0.15) is 0 Å². The fourth-order valence-corrected chi connectivity index (χ4v) is 2.60. The Morgan fingerprint density at radius 1 is 1.20 bits per heavy atom. The number of nitrogens with zero attached hydrogens (tertiary/aromatic N) is 2. The maximum absolute atomic E-state index is 13.1. The molecule has 1 aliphatic heterocycles. The van der Waals surface area contributed by atoms with Crippen LogP contribution in [0.2, 0.25) is 0 Å². The number of halogens is 1. The van der Waals surface area contributed by atoms with Gasteiger partial charge >= 0.3 is 6.03 Å². The Morgan fingerprint density at radius 3 is 2.48 bits per heavy atom. The van der Waals surface area contributed by atoms with Crippen LogP contribution in [0.15, 0.2) is 48.8 Å². The molecule has 128 valence electrons. The smallest absolute Gasteiger partial charge is 0.324 e. The van der Waals surface area contributed by atoms with Gasteiger partial charge in [0, 0.05) is 18.1 Å². The fourth-order valence-electron chi connectivity index (χ4n) is 2.60. The van der Waals surface area contributed by atoms with Gasteiger partial charge in [0.05, 0.1) is 0 Å². The highest BCUT2D eigenvalue weighted by Gasteiger charge is 2.49. The Kier molecular flexibility index (Phi) is 4.18. The standard InChI is InChI=1S/C17H15FN4O3/c1-17(11-2-4-12(18)5-3-11)15(24)22(16(25)21-17)10-14(23)20-13-6-8-19-9-7-13/h2-9H,10H2,1H3,(H,21,25)(H,19,20,23). The molecule has 0 bridgehead atoms. The number of aromatic nitrogens is 1. The van der Waals surface area contributed by atoms with Gasteiger partial charge < -0.3 is 10.6 Å². The van der Waals surface area contributed by atoms with E-state index in [-0.39, 0.29) is 0 Å². The molecular formula is C17H15FN4O3. The highest BCUT2D eigenvalue weighted by molar-refractivity contribution is 6.10. The van der Waals surface area contributed by atoms with E-state index in [1.165, 1.54) is 43.6 Å². The lowest BCUT2D eigenvalue weighted by Gasteiger charge is -2.22. The average Bonchev–Trinajstić information content (AvgIpc) is 2.80. The van der Waals surface area contributed by atoms with Crippen molar-refractivity contribution in [1.82, 2.24) is 15.2 Å². The van der Waals surface area contributed by atoms with Crippen LogP contribution < -0.4 is 10.6 Å². The van der Waals surface area contributed by atoms with Gasteiger partial charge in [-0.3, -0.25) is 19.5 Å². The molecule has 1 atom stereocenters. The monoisotopic (exact) mass is 342 g/mol. The van der Waals surface area contributed by atoms with Crippen molar-refractivity contribution in [1.29, 1.82) is 0 Å². The van der Waals surface area contributed by atoms with Crippen LogP contribution in [-0.4, -0.2) is 34.3 Å². The van der Waals surface area contributed by atoms with Gasteiger partial charge in [0.15, 0.2) is 0 Å². The predicted octanol–water partition coefficient (Wildman–Crippen LogP) is 1.63. The number of hydrogen-bond acceptors (Lipinski definition) is 4. The summed E-state index contributed by atoms with van der Waals surface area (Å²) in [5.74, 6) is -1.54. The quantitative estimate of drug-likeness (QED) is 0.826. The lowest BCUT2D eigenvalue weighted by molar-refractivity contribution is -0.133. The summed E-state index contributed by atoms with van der Waals surface area (Å²) >= 11 is 0. The summed E-state index contributed by atoms with van der Waals surface area (Å²) in [6.45, 7) is 1.09. The molecule has 1 aliphatic rings. The Hall–Kier alpha value is -3.29. The van der Waals surface area contributed by atoms with Crippen LogP contribution in [0.4, 0.5) is 14.9 Å². The highest BCUT2D eigenvalue weighted by Crippen LogP contribution is 2.28. The second-order valence-corrected chi connectivity index (χ2v) is 5.74. The zero-order valence-electron chi connectivity index (χ0n) is 13.3. The first kappa shape index (κ1) is 16.6. The zero-order chi connectivity index (χ0) is 18.0. The summed E-state index contributed by atoms with van der Waals surface area (Å²) in [5, 5.41) is 5.14. The zero-order valence-corrected chi connectivity index (χ0v) is 13.3. The van der Waals surface area contributed by atoms with E-state index in [0.29, 0.717) is 11.3 Å². The number of carbonyl (C=O) groups excluding carboxylic acids is 3. The van der Waals surface area contributed by atoms with Crippen molar-refractivity contribution in [3.05, 3.63) is 60.2 Å². The maximum Gasteiger partial charge on any atom is 0.325 e. The van der Waals surface area contributed by atoms with Gasteiger partial charge in [-0.15, -0.1) is 0 Å². The molecule has 1 fully saturated rings. The van der Waals surface area contributed by atoms with Gasteiger partial charge in [-0.25, -0.2) is 9.18 Å². The number of nitrogens with one attached hydrogen (secondary N) is 2. The average molecular weight is 342 g/mol. The first-order valence-electron chi connectivity index (χ1n) is 7.50. The van der Waals surface area contributed by atoms with Crippen molar-refractivity contribution < 1.29 is 18.8 Å². The largest absolute Gasteiger partial charge is 0.325 e. The van der Waals surface area contributed by atoms with Gasteiger partial charge in [0.2, 0.25) is 5.91 Å². The van der Waals surface area contributed by atoms with Crippen LogP contribution in [-0.2, 0) is 15.1 Å². The molecule has 8 heteroatoms. The third-order valence-electron chi connectivity index (χ3n) is 3.96. The first-order chi connectivity index (χ1) is 11.9. The molecule has 1 aromatic heterocycles. The molecule has 0 saturated carbocycles. The number of rotatable bonds is 4. The number of pyridine rings is 1. The SMILES string of the molecule is CC1(c2ccc(F)cc2)NC(=O)N(CC(=O)Nc2ccncc2)C1=O. The Bertz CT molecular complexity index is 826. The summed E-state index contributed by atoms with van der Waals surface area (Å²) in [7, 11) is 0. The molecule has 0 aliphatic carbocycles.